The van der Waals surface area contributed by atoms with Crippen LogP contribution in [0.5, 0.6) is 0 Å². The van der Waals surface area contributed by atoms with E-state index in [2.05, 4.69) is 11.2 Å². The van der Waals surface area contributed by atoms with Crippen molar-refractivity contribution in [2.24, 2.45) is 12.5 Å². The molecule has 0 saturated heterocycles. The van der Waals surface area contributed by atoms with Crippen LogP contribution in [0.2, 0.25) is 0 Å². The van der Waals surface area contributed by atoms with Gasteiger partial charge in [0.05, 0.1) is 17.7 Å². The van der Waals surface area contributed by atoms with Crippen LogP contribution in [0.3, 0.4) is 0 Å². The molecule has 1 aromatic heterocycles. The van der Waals surface area contributed by atoms with Gasteiger partial charge in [0, 0.05) is 13.2 Å². The zero-order valence-corrected chi connectivity index (χ0v) is 9.95. The lowest BCUT2D eigenvalue weighted by atomic mass is 9.77. The summed E-state index contributed by atoms with van der Waals surface area (Å²) in [7, 11) is 1.93. The average molecular weight is 217 g/mol. The predicted molar refractivity (Wildman–Crippen MR) is 62.7 cm³/mol. The van der Waals surface area contributed by atoms with E-state index in [-0.39, 0.29) is 5.41 Å². The highest BCUT2D eigenvalue weighted by atomic mass is 15.2. The lowest BCUT2D eigenvalue weighted by Gasteiger charge is -2.23. The van der Waals surface area contributed by atoms with E-state index in [1.807, 2.05) is 24.1 Å². The molecule has 0 radical (unpaired) electrons. The Balaban J connectivity index is 2.12. The summed E-state index contributed by atoms with van der Waals surface area (Å²) in [6.07, 6.45) is 11.9. The van der Waals surface area contributed by atoms with E-state index in [0.29, 0.717) is 0 Å². The van der Waals surface area contributed by atoms with Crippen molar-refractivity contribution in [1.29, 1.82) is 5.26 Å². The highest BCUT2D eigenvalue weighted by Crippen LogP contribution is 2.37. The number of nitriles is 1. The standard InChI is InChI=1S/C13H19N3/c1-16-10-12(9-15-16)8-13(11-14)6-4-2-3-5-7-13/h9-10H,2-8H2,1H3. The molecule has 0 unspecified atom stereocenters. The predicted octanol–water partition coefficient (Wildman–Crippen LogP) is 2.83. The number of hydrogen-bond donors (Lipinski definition) is 0. The van der Waals surface area contributed by atoms with Crippen LogP contribution >= 0.6 is 0 Å². The summed E-state index contributed by atoms with van der Waals surface area (Å²) in [4.78, 5) is 0. The van der Waals surface area contributed by atoms with Crippen molar-refractivity contribution < 1.29 is 0 Å². The second kappa shape index (κ2) is 4.69. The lowest BCUT2D eigenvalue weighted by molar-refractivity contribution is 0.339. The third kappa shape index (κ3) is 2.44. The molecule has 1 aliphatic carbocycles. The van der Waals surface area contributed by atoms with Gasteiger partial charge in [-0.25, -0.2) is 0 Å². The third-order valence-electron chi connectivity index (χ3n) is 3.60. The van der Waals surface area contributed by atoms with E-state index in [4.69, 9.17) is 0 Å². The van der Waals surface area contributed by atoms with Gasteiger partial charge in [0.1, 0.15) is 0 Å². The maximum absolute atomic E-state index is 9.46. The summed E-state index contributed by atoms with van der Waals surface area (Å²) in [6, 6.07) is 2.58. The van der Waals surface area contributed by atoms with Gasteiger partial charge < -0.3 is 0 Å². The molecule has 3 nitrogen and oxygen atoms in total. The first-order valence-electron chi connectivity index (χ1n) is 6.13. The number of nitrogens with zero attached hydrogens (tertiary/aromatic N) is 3. The number of aryl methyl sites for hydroxylation is 1. The Morgan fingerprint density at radius 2 is 2.06 bits per heavy atom. The topological polar surface area (TPSA) is 41.6 Å². The van der Waals surface area contributed by atoms with Crippen molar-refractivity contribution >= 4 is 0 Å². The molecule has 0 aliphatic heterocycles. The zero-order chi connectivity index (χ0) is 11.4. The molecule has 1 saturated carbocycles. The molecule has 0 N–H and O–H groups in total. The molecule has 0 spiro atoms. The highest BCUT2D eigenvalue weighted by molar-refractivity contribution is 5.13. The molecule has 1 heterocycles. The smallest absolute Gasteiger partial charge is 0.0693 e. The second-order valence-electron chi connectivity index (χ2n) is 5.01. The minimum atomic E-state index is -0.125. The molecule has 0 amide bonds. The van der Waals surface area contributed by atoms with E-state index >= 15 is 0 Å². The van der Waals surface area contributed by atoms with Crippen LogP contribution in [0, 0.1) is 16.7 Å². The molecular formula is C13H19N3. The van der Waals surface area contributed by atoms with Crippen molar-refractivity contribution in [3.8, 4) is 6.07 Å². The van der Waals surface area contributed by atoms with Gasteiger partial charge in [0.2, 0.25) is 0 Å². The monoisotopic (exact) mass is 217 g/mol. The first-order chi connectivity index (χ1) is 7.74. The van der Waals surface area contributed by atoms with Gasteiger partial charge in [0.15, 0.2) is 0 Å². The Labute approximate surface area is 97.1 Å². The summed E-state index contributed by atoms with van der Waals surface area (Å²) in [5.74, 6) is 0. The summed E-state index contributed by atoms with van der Waals surface area (Å²) in [6.45, 7) is 0. The molecule has 86 valence electrons. The fourth-order valence-corrected chi connectivity index (χ4v) is 2.69. The van der Waals surface area contributed by atoms with E-state index in [1.165, 1.54) is 31.2 Å². The summed E-state index contributed by atoms with van der Waals surface area (Å²) in [5, 5.41) is 13.6. The minimum absolute atomic E-state index is 0.125. The van der Waals surface area contributed by atoms with Gasteiger partial charge in [-0.3, -0.25) is 4.68 Å². The van der Waals surface area contributed by atoms with Gasteiger partial charge in [0.25, 0.3) is 0 Å². The van der Waals surface area contributed by atoms with Gasteiger partial charge in [-0.2, -0.15) is 10.4 Å². The first-order valence-corrected chi connectivity index (χ1v) is 6.13. The van der Waals surface area contributed by atoms with E-state index in [0.717, 1.165) is 19.3 Å². The fraction of sp³-hybridized carbons (Fsp3) is 0.692. The molecule has 1 aliphatic rings. The van der Waals surface area contributed by atoms with Crippen molar-refractivity contribution in [3.05, 3.63) is 18.0 Å². The normalized spacial score (nSPS) is 20.0. The molecule has 1 aromatic rings. The van der Waals surface area contributed by atoms with Crippen LogP contribution < -0.4 is 0 Å². The highest BCUT2D eigenvalue weighted by Gasteiger charge is 2.31. The Morgan fingerprint density at radius 3 is 2.56 bits per heavy atom. The summed E-state index contributed by atoms with van der Waals surface area (Å²) < 4.78 is 1.82. The number of rotatable bonds is 2. The molecule has 0 bridgehead atoms. The van der Waals surface area contributed by atoms with Crippen molar-refractivity contribution in [3.63, 3.8) is 0 Å². The number of hydrogen-bond acceptors (Lipinski definition) is 2. The maximum Gasteiger partial charge on any atom is 0.0693 e. The second-order valence-corrected chi connectivity index (χ2v) is 5.01. The zero-order valence-electron chi connectivity index (χ0n) is 9.95. The van der Waals surface area contributed by atoms with Crippen LogP contribution in [0.25, 0.3) is 0 Å². The largest absolute Gasteiger partial charge is 0.276 e. The Kier molecular flexibility index (Phi) is 3.28. The first kappa shape index (κ1) is 11.2. The van der Waals surface area contributed by atoms with E-state index in [1.54, 1.807) is 0 Å². The molecule has 3 heteroatoms. The molecule has 2 rings (SSSR count). The Hall–Kier alpha value is -1.30. The molecule has 1 fully saturated rings. The lowest BCUT2D eigenvalue weighted by Crippen LogP contribution is -2.20. The average Bonchev–Trinajstić information content (AvgIpc) is 2.54. The SMILES string of the molecule is Cn1cc(CC2(C#N)CCCCCC2)cn1. The van der Waals surface area contributed by atoms with Crippen LogP contribution in [0.1, 0.15) is 44.1 Å². The van der Waals surface area contributed by atoms with Crippen LogP contribution in [-0.4, -0.2) is 9.78 Å². The van der Waals surface area contributed by atoms with Crippen LogP contribution in [-0.2, 0) is 13.5 Å². The van der Waals surface area contributed by atoms with Crippen LogP contribution in [0.15, 0.2) is 12.4 Å². The molecular weight excluding hydrogens is 198 g/mol. The van der Waals surface area contributed by atoms with E-state index in [9.17, 15) is 5.26 Å². The molecule has 16 heavy (non-hydrogen) atoms. The van der Waals surface area contributed by atoms with Gasteiger partial charge in [-0.15, -0.1) is 0 Å². The number of aromatic nitrogens is 2. The van der Waals surface area contributed by atoms with Crippen LogP contribution in [0.4, 0.5) is 0 Å². The van der Waals surface area contributed by atoms with Crippen molar-refractivity contribution in [2.75, 3.05) is 0 Å². The van der Waals surface area contributed by atoms with Gasteiger partial charge in [-0.1, -0.05) is 25.7 Å². The van der Waals surface area contributed by atoms with E-state index < -0.39 is 0 Å². The Morgan fingerprint density at radius 1 is 1.38 bits per heavy atom. The molecule has 0 atom stereocenters. The quantitative estimate of drug-likeness (QED) is 0.715. The maximum atomic E-state index is 9.46. The summed E-state index contributed by atoms with van der Waals surface area (Å²) in [5.41, 5.74) is 1.07. The van der Waals surface area contributed by atoms with Gasteiger partial charge >= 0.3 is 0 Å². The Bertz CT molecular complexity index is 378. The minimum Gasteiger partial charge on any atom is -0.276 e. The summed E-state index contributed by atoms with van der Waals surface area (Å²) >= 11 is 0. The van der Waals surface area contributed by atoms with Crippen molar-refractivity contribution in [1.82, 2.24) is 9.78 Å². The fourth-order valence-electron chi connectivity index (χ4n) is 2.69. The van der Waals surface area contributed by atoms with Crippen molar-refractivity contribution in [2.45, 2.75) is 44.9 Å². The van der Waals surface area contributed by atoms with Gasteiger partial charge in [-0.05, 0) is 24.8 Å². The third-order valence-corrected chi connectivity index (χ3v) is 3.60. The molecule has 0 aromatic carbocycles.